The number of rotatable bonds is 3. The van der Waals surface area contributed by atoms with Crippen molar-refractivity contribution in [2.24, 2.45) is 0 Å². The Kier molecular flexibility index (Phi) is 6.86. The van der Waals surface area contributed by atoms with E-state index in [4.69, 9.17) is 9.90 Å². The molecule has 0 aromatic carbocycles. The number of carboxylic acid groups (broad SMARTS) is 1. The van der Waals surface area contributed by atoms with Gasteiger partial charge in [0.25, 0.3) is 0 Å². The van der Waals surface area contributed by atoms with Crippen molar-refractivity contribution in [1.82, 2.24) is 19.9 Å². The molecule has 4 heterocycles. The van der Waals surface area contributed by atoms with Crippen molar-refractivity contribution < 1.29 is 23.1 Å². The number of nitrogens with zero attached hydrogens (tertiary/aromatic N) is 5. The van der Waals surface area contributed by atoms with E-state index in [1.165, 1.54) is 37.8 Å². The van der Waals surface area contributed by atoms with Gasteiger partial charge in [0.05, 0.1) is 0 Å². The first-order valence-corrected chi connectivity index (χ1v) is 9.76. The van der Waals surface area contributed by atoms with Crippen LogP contribution in [-0.2, 0) is 11.3 Å². The molecule has 30 heavy (non-hydrogen) atoms. The number of aromatic nitrogens is 3. The van der Waals surface area contributed by atoms with Crippen molar-refractivity contribution in [3.8, 4) is 0 Å². The zero-order chi connectivity index (χ0) is 21.6. The molecular formula is C20H24F3N5O2. The molecule has 1 N–H and O–H groups in total. The van der Waals surface area contributed by atoms with Gasteiger partial charge in [-0.1, -0.05) is 6.07 Å². The lowest BCUT2D eigenvalue weighted by atomic mass is 9.86. The Morgan fingerprint density at radius 2 is 1.77 bits per heavy atom. The summed E-state index contributed by atoms with van der Waals surface area (Å²) in [6.07, 6.45) is 7.47. The molecule has 1 atom stereocenters. The van der Waals surface area contributed by atoms with Crippen molar-refractivity contribution in [2.75, 3.05) is 24.5 Å². The maximum atomic E-state index is 10.6. The van der Waals surface area contributed by atoms with E-state index in [1.807, 2.05) is 36.9 Å². The molecule has 1 unspecified atom stereocenters. The maximum Gasteiger partial charge on any atom is 0.490 e. The van der Waals surface area contributed by atoms with E-state index < -0.39 is 12.1 Å². The van der Waals surface area contributed by atoms with Crippen molar-refractivity contribution in [3.05, 3.63) is 48.5 Å². The maximum absolute atomic E-state index is 10.6. The molecule has 7 nitrogen and oxygen atoms in total. The summed E-state index contributed by atoms with van der Waals surface area (Å²) in [6.45, 7) is 4.28. The van der Waals surface area contributed by atoms with E-state index in [0.717, 1.165) is 25.6 Å². The molecule has 10 heteroatoms. The highest BCUT2D eigenvalue weighted by molar-refractivity contribution is 5.73. The van der Waals surface area contributed by atoms with Gasteiger partial charge in [-0.2, -0.15) is 13.2 Å². The Morgan fingerprint density at radius 1 is 1.10 bits per heavy atom. The fraction of sp³-hybridized carbons (Fsp3) is 0.500. The van der Waals surface area contributed by atoms with E-state index in [-0.39, 0.29) is 5.54 Å². The molecule has 162 valence electrons. The largest absolute Gasteiger partial charge is 0.490 e. The third kappa shape index (κ3) is 5.44. The Balaban J connectivity index is 0.000000318. The van der Waals surface area contributed by atoms with Crippen LogP contribution in [0.3, 0.4) is 0 Å². The standard InChI is InChI=1S/C18H23N5.C2HF3O2/c1-5-16(13-19-8-1)14-23-12-3-7-18(23)6-2-11-22(15-18)17-20-9-4-10-21-17;3-2(4,5)1(6)7/h1,4-5,8-10,13H,2-3,6-7,11-12,14-15H2;(H,6,7). The fourth-order valence-corrected chi connectivity index (χ4v) is 4.15. The van der Waals surface area contributed by atoms with Crippen LogP contribution in [0.15, 0.2) is 43.0 Å². The van der Waals surface area contributed by atoms with Gasteiger partial charge in [0.2, 0.25) is 5.95 Å². The van der Waals surface area contributed by atoms with E-state index in [0.29, 0.717) is 0 Å². The van der Waals surface area contributed by atoms with Crippen LogP contribution in [0.1, 0.15) is 31.2 Å². The summed E-state index contributed by atoms with van der Waals surface area (Å²) in [4.78, 5) is 27.1. The predicted molar refractivity (Wildman–Crippen MR) is 104 cm³/mol. The molecule has 4 rings (SSSR count). The van der Waals surface area contributed by atoms with Crippen LogP contribution in [0, 0.1) is 0 Å². The molecule has 2 aliphatic rings. The van der Waals surface area contributed by atoms with E-state index in [9.17, 15) is 13.2 Å². The molecule has 0 amide bonds. The number of halogens is 3. The van der Waals surface area contributed by atoms with Gasteiger partial charge < -0.3 is 10.0 Å². The number of carboxylic acids is 1. The number of carbonyl (C=O) groups is 1. The average molecular weight is 423 g/mol. The lowest BCUT2D eigenvalue weighted by Gasteiger charge is -2.46. The number of pyridine rings is 1. The van der Waals surface area contributed by atoms with Crippen molar-refractivity contribution in [3.63, 3.8) is 0 Å². The average Bonchev–Trinajstić information content (AvgIpc) is 3.10. The van der Waals surface area contributed by atoms with Crippen LogP contribution in [0.25, 0.3) is 0 Å². The summed E-state index contributed by atoms with van der Waals surface area (Å²) in [6, 6.07) is 6.09. The molecule has 0 bridgehead atoms. The molecule has 2 saturated heterocycles. The quantitative estimate of drug-likeness (QED) is 0.812. The van der Waals surface area contributed by atoms with Crippen LogP contribution in [0.4, 0.5) is 19.1 Å². The number of aliphatic carboxylic acids is 1. The molecule has 2 aromatic rings. The third-order valence-electron chi connectivity index (χ3n) is 5.47. The topological polar surface area (TPSA) is 82.5 Å². The zero-order valence-corrected chi connectivity index (χ0v) is 16.4. The normalized spacial score (nSPS) is 21.9. The zero-order valence-electron chi connectivity index (χ0n) is 16.4. The Labute approximate surface area is 172 Å². The summed E-state index contributed by atoms with van der Waals surface area (Å²) < 4.78 is 31.7. The molecular weight excluding hydrogens is 399 g/mol. The highest BCUT2D eigenvalue weighted by atomic mass is 19.4. The molecule has 0 aliphatic carbocycles. The number of likely N-dealkylation sites (tertiary alicyclic amines) is 1. The second kappa shape index (κ2) is 9.38. The number of piperidine rings is 1. The Hall–Kier alpha value is -2.75. The fourth-order valence-electron chi connectivity index (χ4n) is 4.15. The second-order valence-corrected chi connectivity index (χ2v) is 7.49. The van der Waals surface area contributed by atoms with Crippen LogP contribution < -0.4 is 4.90 Å². The minimum absolute atomic E-state index is 0.271. The molecule has 2 aromatic heterocycles. The minimum atomic E-state index is -5.08. The summed E-state index contributed by atoms with van der Waals surface area (Å²) in [5.41, 5.74) is 1.58. The lowest BCUT2D eigenvalue weighted by Crippen LogP contribution is -2.55. The van der Waals surface area contributed by atoms with Crippen LogP contribution in [-0.4, -0.2) is 62.3 Å². The van der Waals surface area contributed by atoms with E-state index in [1.54, 1.807) is 0 Å². The van der Waals surface area contributed by atoms with Crippen molar-refractivity contribution in [1.29, 1.82) is 0 Å². The summed E-state index contributed by atoms with van der Waals surface area (Å²) in [5.74, 6) is -1.88. The van der Waals surface area contributed by atoms with Crippen LogP contribution in [0.5, 0.6) is 0 Å². The number of alkyl halides is 3. The third-order valence-corrected chi connectivity index (χ3v) is 5.47. The van der Waals surface area contributed by atoms with Gasteiger partial charge >= 0.3 is 12.1 Å². The Bertz CT molecular complexity index is 822. The SMILES string of the molecule is O=C(O)C(F)(F)F.c1cnc(N2CCCC3(CCCN3Cc3cccnc3)C2)nc1. The Morgan fingerprint density at radius 3 is 2.37 bits per heavy atom. The first kappa shape index (κ1) is 21.9. The molecule has 2 fully saturated rings. The number of hydrogen-bond acceptors (Lipinski definition) is 6. The minimum Gasteiger partial charge on any atom is -0.475 e. The van der Waals surface area contributed by atoms with Crippen LogP contribution in [0.2, 0.25) is 0 Å². The van der Waals surface area contributed by atoms with Gasteiger partial charge in [-0.25, -0.2) is 14.8 Å². The first-order valence-electron chi connectivity index (χ1n) is 9.76. The van der Waals surface area contributed by atoms with Gasteiger partial charge in [0, 0.05) is 50.0 Å². The van der Waals surface area contributed by atoms with Gasteiger partial charge in [-0.05, 0) is 49.9 Å². The van der Waals surface area contributed by atoms with Gasteiger partial charge in [-0.15, -0.1) is 0 Å². The second-order valence-electron chi connectivity index (χ2n) is 7.49. The summed E-state index contributed by atoms with van der Waals surface area (Å²) >= 11 is 0. The summed E-state index contributed by atoms with van der Waals surface area (Å²) in [5, 5.41) is 7.12. The van der Waals surface area contributed by atoms with E-state index >= 15 is 0 Å². The van der Waals surface area contributed by atoms with Crippen molar-refractivity contribution >= 4 is 11.9 Å². The van der Waals surface area contributed by atoms with Crippen LogP contribution >= 0.6 is 0 Å². The summed E-state index contributed by atoms with van der Waals surface area (Å²) in [7, 11) is 0. The van der Waals surface area contributed by atoms with Crippen molar-refractivity contribution in [2.45, 2.75) is 43.9 Å². The lowest BCUT2D eigenvalue weighted by molar-refractivity contribution is -0.192. The number of anilines is 1. The predicted octanol–water partition coefficient (Wildman–Crippen LogP) is 3.14. The molecule has 0 radical (unpaired) electrons. The molecule has 2 aliphatic heterocycles. The molecule has 1 spiro atoms. The first-order chi connectivity index (χ1) is 14.3. The highest BCUT2D eigenvalue weighted by Gasteiger charge is 2.44. The van der Waals surface area contributed by atoms with Gasteiger partial charge in [0.1, 0.15) is 0 Å². The van der Waals surface area contributed by atoms with E-state index in [2.05, 4.69) is 30.8 Å². The monoisotopic (exact) mass is 423 g/mol. The highest BCUT2D eigenvalue weighted by Crippen LogP contribution is 2.38. The number of hydrogen-bond donors (Lipinski definition) is 1. The van der Waals surface area contributed by atoms with Gasteiger partial charge in [0.15, 0.2) is 0 Å². The van der Waals surface area contributed by atoms with Gasteiger partial charge in [-0.3, -0.25) is 9.88 Å². The smallest absolute Gasteiger partial charge is 0.475 e. The molecule has 0 saturated carbocycles.